The molecule has 0 aliphatic rings. The van der Waals surface area contributed by atoms with E-state index in [0.717, 1.165) is 0 Å². The van der Waals surface area contributed by atoms with Crippen LogP contribution in [0.4, 0.5) is 4.39 Å². The SMILES string of the molecule is CC(OCc1ccccc1F)C(=O)c1ccc(Cl)cc1. The van der Waals surface area contributed by atoms with Gasteiger partial charge in [0.25, 0.3) is 0 Å². The van der Waals surface area contributed by atoms with Crippen molar-refractivity contribution in [1.82, 2.24) is 0 Å². The van der Waals surface area contributed by atoms with Gasteiger partial charge in [-0.2, -0.15) is 0 Å². The lowest BCUT2D eigenvalue weighted by molar-refractivity contribution is 0.0403. The molecule has 0 saturated carbocycles. The van der Waals surface area contributed by atoms with Crippen LogP contribution in [-0.4, -0.2) is 11.9 Å². The Morgan fingerprint density at radius 2 is 1.85 bits per heavy atom. The summed E-state index contributed by atoms with van der Waals surface area (Å²) in [7, 11) is 0. The minimum Gasteiger partial charge on any atom is -0.366 e. The van der Waals surface area contributed by atoms with E-state index in [9.17, 15) is 9.18 Å². The van der Waals surface area contributed by atoms with Crippen molar-refractivity contribution in [3.63, 3.8) is 0 Å². The van der Waals surface area contributed by atoms with Crippen molar-refractivity contribution < 1.29 is 13.9 Å². The zero-order valence-corrected chi connectivity index (χ0v) is 11.7. The average Bonchev–Trinajstić information content (AvgIpc) is 2.46. The Morgan fingerprint density at radius 1 is 1.20 bits per heavy atom. The van der Waals surface area contributed by atoms with E-state index in [0.29, 0.717) is 16.1 Å². The van der Waals surface area contributed by atoms with Crippen LogP contribution in [0.5, 0.6) is 0 Å². The van der Waals surface area contributed by atoms with Gasteiger partial charge in [0.15, 0.2) is 5.78 Å². The van der Waals surface area contributed by atoms with Gasteiger partial charge < -0.3 is 4.74 Å². The van der Waals surface area contributed by atoms with Gasteiger partial charge in [0.2, 0.25) is 0 Å². The van der Waals surface area contributed by atoms with Gasteiger partial charge >= 0.3 is 0 Å². The molecule has 0 aliphatic heterocycles. The summed E-state index contributed by atoms with van der Waals surface area (Å²) in [5.74, 6) is -0.489. The molecule has 4 heteroatoms. The number of carbonyl (C=O) groups excluding carboxylic acids is 1. The molecule has 2 rings (SSSR count). The van der Waals surface area contributed by atoms with Crippen molar-refractivity contribution in [2.75, 3.05) is 0 Å². The second-order valence-corrected chi connectivity index (χ2v) is 4.85. The first kappa shape index (κ1) is 14.7. The van der Waals surface area contributed by atoms with Crippen LogP contribution in [0.3, 0.4) is 0 Å². The zero-order chi connectivity index (χ0) is 14.5. The second-order valence-electron chi connectivity index (χ2n) is 4.42. The summed E-state index contributed by atoms with van der Waals surface area (Å²) >= 11 is 5.77. The van der Waals surface area contributed by atoms with E-state index in [1.165, 1.54) is 6.07 Å². The number of ketones is 1. The van der Waals surface area contributed by atoms with Gasteiger partial charge in [0, 0.05) is 16.1 Å². The summed E-state index contributed by atoms with van der Waals surface area (Å²) in [6.45, 7) is 1.71. The highest BCUT2D eigenvalue weighted by Crippen LogP contribution is 2.14. The smallest absolute Gasteiger partial charge is 0.191 e. The molecule has 0 fully saturated rings. The van der Waals surface area contributed by atoms with E-state index >= 15 is 0 Å². The van der Waals surface area contributed by atoms with Crippen LogP contribution in [0.15, 0.2) is 48.5 Å². The maximum atomic E-state index is 13.4. The van der Waals surface area contributed by atoms with Crippen molar-refractivity contribution >= 4 is 17.4 Å². The largest absolute Gasteiger partial charge is 0.366 e. The maximum Gasteiger partial charge on any atom is 0.191 e. The molecule has 2 aromatic carbocycles. The Balaban J connectivity index is 1.98. The van der Waals surface area contributed by atoms with Crippen molar-refractivity contribution in [2.45, 2.75) is 19.6 Å². The van der Waals surface area contributed by atoms with Gasteiger partial charge in [-0.15, -0.1) is 0 Å². The highest BCUT2D eigenvalue weighted by atomic mass is 35.5. The van der Waals surface area contributed by atoms with Crippen LogP contribution in [-0.2, 0) is 11.3 Å². The number of Topliss-reactive ketones (excluding diaryl/α,β-unsaturated/α-hetero) is 1. The molecule has 1 atom stereocenters. The number of rotatable bonds is 5. The summed E-state index contributed by atoms with van der Waals surface area (Å²) in [4.78, 5) is 12.1. The molecule has 2 aromatic rings. The fraction of sp³-hybridized carbons (Fsp3) is 0.188. The third kappa shape index (κ3) is 3.65. The van der Waals surface area contributed by atoms with Gasteiger partial charge in [0.1, 0.15) is 11.9 Å². The molecule has 0 spiro atoms. The van der Waals surface area contributed by atoms with Crippen molar-refractivity contribution in [1.29, 1.82) is 0 Å². The normalized spacial score (nSPS) is 12.2. The van der Waals surface area contributed by atoms with Crippen LogP contribution in [0, 0.1) is 5.82 Å². The van der Waals surface area contributed by atoms with E-state index in [1.54, 1.807) is 49.4 Å². The summed E-state index contributed by atoms with van der Waals surface area (Å²) in [6, 6.07) is 12.9. The molecule has 0 aromatic heterocycles. The van der Waals surface area contributed by atoms with Crippen LogP contribution < -0.4 is 0 Å². The monoisotopic (exact) mass is 292 g/mol. The number of ether oxygens (including phenoxy) is 1. The number of halogens is 2. The fourth-order valence-corrected chi connectivity index (χ4v) is 1.88. The predicted molar refractivity (Wildman–Crippen MR) is 76.4 cm³/mol. The van der Waals surface area contributed by atoms with Gasteiger partial charge in [-0.05, 0) is 37.3 Å². The highest BCUT2D eigenvalue weighted by molar-refractivity contribution is 6.30. The predicted octanol–water partition coefficient (Wildman–Crippen LogP) is 4.27. The molecule has 20 heavy (non-hydrogen) atoms. The molecular weight excluding hydrogens is 279 g/mol. The lowest BCUT2D eigenvalue weighted by Crippen LogP contribution is -2.21. The molecule has 2 nitrogen and oxygen atoms in total. The molecule has 0 amide bonds. The summed E-state index contributed by atoms with van der Waals surface area (Å²) in [5.41, 5.74) is 0.957. The van der Waals surface area contributed by atoms with Gasteiger partial charge in [-0.3, -0.25) is 4.79 Å². The molecule has 0 bridgehead atoms. The molecule has 0 aliphatic carbocycles. The second kappa shape index (κ2) is 6.64. The summed E-state index contributed by atoms with van der Waals surface area (Å²) < 4.78 is 18.9. The van der Waals surface area contributed by atoms with E-state index < -0.39 is 6.10 Å². The lowest BCUT2D eigenvalue weighted by atomic mass is 10.1. The highest BCUT2D eigenvalue weighted by Gasteiger charge is 2.16. The quantitative estimate of drug-likeness (QED) is 0.769. The Labute approximate surface area is 122 Å². The Bertz CT molecular complexity index is 596. The standard InChI is InChI=1S/C16H14ClFO2/c1-11(16(19)12-6-8-14(17)9-7-12)20-10-13-4-2-3-5-15(13)18/h2-9,11H,10H2,1H3. The Hall–Kier alpha value is -1.71. The van der Waals surface area contributed by atoms with E-state index in [-0.39, 0.29) is 18.2 Å². The molecule has 0 heterocycles. The zero-order valence-electron chi connectivity index (χ0n) is 11.0. The van der Waals surface area contributed by atoms with Crippen molar-refractivity contribution in [3.8, 4) is 0 Å². The van der Waals surface area contributed by atoms with Crippen LogP contribution >= 0.6 is 11.6 Å². The molecular formula is C16H14ClFO2. The lowest BCUT2D eigenvalue weighted by Gasteiger charge is -2.12. The van der Waals surface area contributed by atoms with E-state index in [4.69, 9.17) is 16.3 Å². The number of benzene rings is 2. The molecule has 0 saturated heterocycles. The van der Waals surface area contributed by atoms with Gasteiger partial charge in [-0.1, -0.05) is 29.8 Å². The van der Waals surface area contributed by atoms with Gasteiger partial charge in [-0.25, -0.2) is 4.39 Å². The Morgan fingerprint density at radius 3 is 2.50 bits per heavy atom. The van der Waals surface area contributed by atoms with Crippen molar-refractivity contribution in [3.05, 3.63) is 70.5 Å². The minimum absolute atomic E-state index is 0.0627. The summed E-state index contributed by atoms with van der Waals surface area (Å²) in [5, 5.41) is 0.571. The minimum atomic E-state index is -0.643. The van der Waals surface area contributed by atoms with Crippen molar-refractivity contribution in [2.24, 2.45) is 0 Å². The fourth-order valence-electron chi connectivity index (χ4n) is 1.75. The summed E-state index contributed by atoms with van der Waals surface area (Å²) in [6.07, 6.45) is -0.643. The topological polar surface area (TPSA) is 26.3 Å². The first-order chi connectivity index (χ1) is 9.58. The number of hydrogen-bond donors (Lipinski definition) is 0. The third-order valence-corrected chi connectivity index (χ3v) is 3.20. The maximum absolute atomic E-state index is 13.4. The van der Waals surface area contributed by atoms with E-state index in [2.05, 4.69) is 0 Å². The molecule has 0 radical (unpaired) electrons. The first-order valence-electron chi connectivity index (χ1n) is 6.22. The average molecular weight is 293 g/mol. The molecule has 1 unspecified atom stereocenters. The van der Waals surface area contributed by atoms with Crippen LogP contribution in [0.2, 0.25) is 5.02 Å². The van der Waals surface area contributed by atoms with Gasteiger partial charge in [0.05, 0.1) is 6.61 Å². The first-order valence-corrected chi connectivity index (χ1v) is 6.60. The third-order valence-electron chi connectivity index (χ3n) is 2.94. The molecule has 104 valence electrons. The van der Waals surface area contributed by atoms with Crippen LogP contribution in [0.25, 0.3) is 0 Å². The number of carbonyl (C=O) groups is 1. The Kier molecular flexibility index (Phi) is 4.88. The number of hydrogen-bond acceptors (Lipinski definition) is 2. The molecule has 0 N–H and O–H groups in total. The van der Waals surface area contributed by atoms with E-state index in [1.807, 2.05) is 0 Å². The van der Waals surface area contributed by atoms with Crippen LogP contribution in [0.1, 0.15) is 22.8 Å².